The summed E-state index contributed by atoms with van der Waals surface area (Å²) in [4.78, 5) is 14.6. The number of halogens is 1. The number of nitrogens with zero attached hydrogens (tertiary/aromatic N) is 1. The molecule has 2 saturated heterocycles. The van der Waals surface area contributed by atoms with E-state index in [0.29, 0.717) is 17.9 Å². The van der Waals surface area contributed by atoms with E-state index in [1.54, 1.807) is 25.3 Å². The number of hydrogen-bond donors (Lipinski definition) is 2. The van der Waals surface area contributed by atoms with E-state index in [9.17, 15) is 14.3 Å². The number of methoxy groups -OCH3 is 1. The van der Waals surface area contributed by atoms with E-state index in [0.717, 1.165) is 50.9 Å². The van der Waals surface area contributed by atoms with E-state index in [1.807, 2.05) is 6.07 Å². The Balaban J connectivity index is 1.26. The fourth-order valence-electron chi connectivity index (χ4n) is 4.57. The third-order valence-electron chi connectivity index (χ3n) is 6.35. The summed E-state index contributed by atoms with van der Waals surface area (Å²) in [6.45, 7) is 3.05. The Hall–Kier alpha value is -2.64. The van der Waals surface area contributed by atoms with Gasteiger partial charge in [0.25, 0.3) is 5.91 Å². The summed E-state index contributed by atoms with van der Waals surface area (Å²) in [5.41, 5.74) is 1.26. The number of phenols is 1. The Bertz CT molecular complexity index is 928. The molecule has 4 rings (SSSR count). The lowest BCUT2D eigenvalue weighted by molar-refractivity contribution is -0.0765. The predicted molar refractivity (Wildman–Crippen MR) is 115 cm³/mol. The van der Waals surface area contributed by atoms with Crippen molar-refractivity contribution in [2.75, 3.05) is 26.7 Å². The zero-order valence-electron chi connectivity index (χ0n) is 17.8. The normalized spacial score (nSPS) is 20.6. The molecule has 2 N–H and O–H groups in total. The summed E-state index contributed by atoms with van der Waals surface area (Å²) in [5.74, 6) is 0.210. The summed E-state index contributed by atoms with van der Waals surface area (Å²) in [7, 11) is 1.61. The standard InChI is InChI=1S/C24H29FN2O4/c1-30-22-14-20(28)6-5-18(22)16-27-11-9-24(10-12-27)8-7-21(31-24)15-26-23(29)17-3-2-4-19(25)13-17/h2-6,13-14,21,28H,7-12,15-16H2,1H3,(H,26,29). The Morgan fingerprint density at radius 3 is 2.81 bits per heavy atom. The number of ether oxygens (including phenoxy) is 2. The van der Waals surface area contributed by atoms with Gasteiger partial charge in [-0.1, -0.05) is 12.1 Å². The molecular weight excluding hydrogens is 399 g/mol. The van der Waals surface area contributed by atoms with Gasteiger partial charge in [0.2, 0.25) is 0 Å². The second-order valence-electron chi connectivity index (χ2n) is 8.45. The molecule has 166 valence electrons. The molecule has 1 atom stereocenters. The quantitative estimate of drug-likeness (QED) is 0.737. The minimum atomic E-state index is -0.416. The Kier molecular flexibility index (Phi) is 6.43. The first kappa shape index (κ1) is 21.6. The Morgan fingerprint density at radius 2 is 2.06 bits per heavy atom. The SMILES string of the molecule is COc1cc(O)ccc1CN1CCC2(CCC(CNC(=O)c3cccc(F)c3)O2)CC1. The molecule has 0 saturated carbocycles. The zero-order valence-corrected chi connectivity index (χ0v) is 17.8. The van der Waals surface area contributed by atoms with Crippen molar-refractivity contribution >= 4 is 5.91 Å². The van der Waals surface area contributed by atoms with Crippen LogP contribution in [0, 0.1) is 5.82 Å². The van der Waals surface area contributed by atoms with Crippen molar-refractivity contribution < 1.29 is 23.8 Å². The van der Waals surface area contributed by atoms with Crippen molar-refractivity contribution in [2.45, 2.75) is 43.9 Å². The van der Waals surface area contributed by atoms with Crippen molar-refractivity contribution in [3.8, 4) is 11.5 Å². The first-order valence-electron chi connectivity index (χ1n) is 10.8. The number of phenolic OH excluding ortho intramolecular Hbond substituents is 1. The van der Waals surface area contributed by atoms with Crippen LogP contribution in [0.25, 0.3) is 0 Å². The molecule has 0 aromatic heterocycles. The molecule has 1 amide bonds. The molecule has 31 heavy (non-hydrogen) atoms. The first-order chi connectivity index (χ1) is 15.0. The van der Waals surface area contributed by atoms with E-state index in [4.69, 9.17) is 9.47 Å². The van der Waals surface area contributed by atoms with Crippen LogP contribution >= 0.6 is 0 Å². The van der Waals surface area contributed by atoms with Crippen LogP contribution in [0.15, 0.2) is 42.5 Å². The number of rotatable bonds is 6. The van der Waals surface area contributed by atoms with Gasteiger partial charge >= 0.3 is 0 Å². The maximum Gasteiger partial charge on any atom is 0.251 e. The summed E-state index contributed by atoms with van der Waals surface area (Å²) >= 11 is 0. The van der Waals surface area contributed by atoms with Crippen molar-refractivity contribution in [2.24, 2.45) is 0 Å². The van der Waals surface area contributed by atoms with Crippen LogP contribution in [0.5, 0.6) is 11.5 Å². The van der Waals surface area contributed by atoms with E-state index in [2.05, 4.69) is 10.2 Å². The van der Waals surface area contributed by atoms with Gasteiger partial charge in [0.15, 0.2) is 0 Å². The van der Waals surface area contributed by atoms with Gasteiger partial charge in [-0.15, -0.1) is 0 Å². The molecule has 2 aliphatic heterocycles. The zero-order chi connectivity index (χ0) is 21.8. The maximum atomic E-state index is 13.3. The third-order valence-corrected chi connectivity index (χ3v) is 6.35. The Labute approximate surface area is 182 Å². The number of amides is 1. The van der Waals surface area contributed by atoms with E-state index >= 15 is 0 Å². The number of hydrogen-bond acceptors (Lipinski definition) is 5. The highest BCUT2D eigenvalue weighted by atomic mass is 19.1. The van der Waals surface area contributed by atoms with E-state index < -0.39 is 5.82 Å². The molecule has 2 fully saturated rings. The summed E-state index contributed by atoms with van der Waals surface area (Å²) in [6.07, 6.45) is 3.78. The van der Waals surface area contributed by atoms with Crippen LogP contribution < -0.4 is 10.1 Å². The molecule has 2 aromatic rings. The van der Waals surface area contributed by atoms with Gasteiger partial charge in [-0.25, -0.2) is 4.39 Å². The second-order valence-corrected chi connectivity index (χ2v) is 8.45. The van der Waals surface area contributed by atoms with Crippen LogP contribution in [0.1, 0.15) is 41.6 Å². The molecule has 1 unspecified atom stereocenters. The highest BCUT2D eigenvalue weighted by Crippen LogP contribution is 2.39. The van der Waals surface area contributed by atoms with Crippen LogP contribution in [-0.2, 0) is 11.3 Å². The van der Waals surface area contributed by atoms with Crippen molar-refractivity contribution in [1.82, 2.24) is 10.2 Å². The maximum absolute atomic E-state index is 13.3. The lowest BCUT2D eigenvalue weighted by Crippen LogP contribution is -2.44. The lowest BCUT2D eigenvalue weighted by atomic mass is 9.88. The highest BCUT2D eigenvalue weighted by molar-refractivity contribution is 5.94. The van der Waals surface area contributed by atoms with Crippen molar-refractivity contribution in [3.63, 3.8) is 0 Å². The van der Waals surface area contributed by atoms with Gasteiger partial charge in [0.05, 0.1) is 18.8 Å². The van der Waals surface area contributed by atoms with Crippen molar-refractivity contribution in [1.29, 1.82) is 0 Å². The highest BCUT2D eigenvalue weighted by Gasteiger charge is 2.42. The fraction of sp³-hybridized carbons (Fsp3) is 0.458. The number of piperidine rings is 1. The molecule has 6 nitrogen and oxygen atoms in total. The van der Waals surface area contributed by atoms with Gasteiger partial charge in [-0.05, 0) is 49.9 Å². The van der Waals surface area contributed by atoms with Gasteiger partial charge in [-0.2, -0.15) is 0 Å². The molecule has 2 aromatic carbocycles. The minimum absolute atomic E-state index is 0.0127. The number of carbonyl (C=O) groups is 1. The third kappa shape index (κ3) is 5.17. The first-order valence-corrected chi connectivity index (χ1v) is 10.8. The van der Waals surface area contributed by atoms with Gasteiger partial charge < -0.3 is 19.9 Å². The summed E-state index contributed by atoms with van der Waals surface area (Å²) in [6, 6.07) is 10.9. The Morgan fingerprint density at radius 1 is 1.26 bits per heavy atom. The fourth-order valence-corrected chi connectivity index (χ4v) is 4.57. The van der Waals surface area contributed by atoms with Crippen LogP contribution in [-0.4, -0.2) is 54.4 Å². The topological polar surface area (TPSA) is 71.0 Å². The van der Waals surface area contributed by atoms with Gasteiger partial charge in [0, 0.05) is 43.4 Å². The molecular formula is C24H29FN2O4. The predicted octanol–water partition coefficient (Wildman–Crippen LogP) is 3.48. The second kappa shape index (κ2) is 9.24. The smallest absolute Gasteiger partial charge is 0.251 e. The van der Waals surface area contributed by atoms with Crippen molar-refractivity contribution in [3.05, 3.63) is 59.4 Å². The number of likely N-dealkylation sites (tertiary alicyclic amines) is 1. The number of carbonyl (C=O) groups excluding carboxylic acids is 1. The summed E-state index contributed by atoms with van der Waals surface area (Å²) < 4.78 is 25.1. The molecule has 2 aliphatic rings. The lowest BCUT2D eigenvalue weighted by Gasteiger charge is -2.39. The van der Waals surface area contributed by atoms with Crippen LogP contribution in [0.2, 0.25) is 0 Å². The number of nitrogens with one attached hydrogen (secondary N) is 1. The minimum Gasteiger partial charge on any atom is -0.508 e. The van der Waals surface area contributed by atoms with Gasteiger partial charge in [-0.3, -0.25) is 9.69 Å². The number of benzene rings is 2. The van der Waals surface area contributed by atoms with Gasteiger partial charge in [0.1, 0.15) is 17.3 Å². The summed E-state index contributed by atoms with van der Waals surface area (Å²) in [5, 5.41) is 12.5. The van der Waals surface area contributed by atoms with Crippen LogP contribution in [0.4, 0.5) is 4.39 Å². The molecule has 7 heteroatoms. The molecule has 0 radical (unpaired) electrons. The van der Waals surface area contributed by atoms with E-state index in [-0.39, 0.29) is 23.4 Å². The average Bonchev–Trinajstić information content (AvgIpc) is 3.17. The average molecular weight is 429 g/mol. The monoisotopic (exact) mass is 428 g/mol. The van der Waals surface area contributed by atoms with E-state index in [1.165, 1.54) is 18.2 Å². The van der Waals surface area contributed by atoms with Crippen LogP contribution in [0.3, 0.4) is 0 Å². The molecule has 0 aliphatic carbocycles. The molecule has 0 bridgehead atoms. The number of aromatic hydroxyl groups is 1. The molecule has 1 spiro atoms. The molecule has 2 heterocycles. The largest absolute Gasteiger partial charge is 0.508 e.